The van der Waals surface area contributed by atoms with Gasteiger partial charge in [0.2, 0.25) is 0 Å². The summed E-state index contributed by atoms with van der Waals surface area (Å²) < 4.78 is 0. The maximum atomic E-state index is 11.1. The molecule has 1 aliphatic carbocycles. The lowest BCUT2D eigenvalue weighted by atomic mass is 10.1. The molecule has 0 unspecified atom stereocenters. The quantitative estimate of drug-likeness (QED) is 0.839. The van der Waals surface area contributed by atoms with E-state index in [4.69, 9.17) is 16.7 Å². The molecule has 0 saturated heterocycles. The minimum Gasteiger partial charge on any atom is -0.478 e. The van der Waals surface area contributed by atoms with Gasteiger partial charge in [-0.2, -0.15) is 0 Å². The van der Waals surface area contributed by atoms with Crippen molar-refractivity contribution in [3.05, 3.63) is 22.7 Å². The van der Waals surface area contributed by atoms with Crippen LogP contribution in [0, 0.1) is 0 Å². The number of aromatic carboxylic acids is 1. The molecule has 0 amide bonds. The molecular weight excluding hydrogens is 230 g/mol. The van der Waals surface area contributed by atoms with Crippen LogP contribution in [0.15, 0.2) is 6.33 Å². The van der Waals surface area contributed by atoms with Gasteiger partial charge in [0.1, 0.15) is 22.7 Å². The predicted molar refractivity (Wildman–Crippen MR) is 57.8 cm³/mol. The topological polar surface area (TPSA) is 78.9 Å². The second kappa shape index (κ2) is 3.18. The van der Waals surface area contributed by atoms with E-state index in [-0.39, 0.29) is 10.7 Å². The molecule has 1 saturated carbocycles. The smallest absolute Gasteiger partial charge is 0.339 e. The van der Waals surface area contributed by atoms with Gasteiger partial charge in [0, 0.05) is 5.92 Å². The summed E-state index contributed by atoms with van der Waals surface area (Å²) in [7, 11) is 0. The number of H-pyrrole nitrogens is 1. The van der Waals surface area contributed by atoms with Crippen molar-refractivity contribution in [1.82, 2.24) is 15.0 Å². The number of hydrogen-bond acceptors (Lipinski definition) is 3. The van der Waals surface area contributed by atoms with Crippen LogP contribution in [0.25, 0.3) is 11.0 Å². The van der Waals surface area contributed by atoms with E-state index in [1.54, 1.807) is 0 Å². The molecule has 0 aromatic carbocycles. The molecule has 1 aliphatic rings. The Bertz CT molecular complexity index is 589. The SMILES string of the molecule is O=C(O)c1c(Cl)[nH]c2ncnc(C3CC3)c12. The minimum absolute atomic E-state index is 0.0826. The third kappa shape index (κ3) is 1.28. The molecule has 5 nitrogen and oxygen atoms in total. The standard InChI is InChI=1S/C10H8ClN3O2/c11-8-6(10(15)16)5-7(4-1-2-4)12-3-13-9(5)14-8/h3-4H,1-2H2,(H,15,16)(H,12,13,14). The van der Waals surface area contributed by atoms with Crippen LogP contribution in [0.1, 0.15) is 34.8 Å². The summed E-state index contributed by atoms with van der Waals surface area (Å²) in [6, 6.07) is 0. The van der Waals surface area contributed by atoms with Crippen LogP contribution in [0.4, 0.5) is 0 Å². The first-order valence-corrected chi connectivity index (χ1v) is 5.31. The molecule has 3 rings (SSSR count). The van der Waals surface area contributed by atoms with Crippen molar-refractivity contribution in [2.75, 3.05) is 0 Å². The van der Waals surface area contributed by atoms with Crippen LogP contribution >= 0.6 is 11.6 Å². The van der Waals surface area contributed by atoms with Gasteiger partial charge in [-0.3, -0.25) is 0 Å². The molecule has 0 bridgehead atoms. The zero-order valence-electron chi connectivity index (χ0n) is 8.20. The van der Waals surface area contributed by atoms with E-state index in [1.807, 2.05) is 0 Å². The van der Waals surface area contributed by atoms with Crippen molar-refractivity contribution in [3.63, 3.8) is 0 Å². The Labute approximate surface area is 95.5 Å². The fourth-order valence-corrected chi connectivity index (χ4v) is 2.15. The number of nitrogens with one attached hydrogen (secondary N) is 1. The van der Waals surface area contributed by atoms with Gasteiger partial charge in [-0.25, -0.2) is 14.8 Å². The maximum Gasteiger partial charge on any atom is 0.339 e. The molecule has 0 radical (unpaired) electrons. The van der Waals surface area contributed by atoms with Gasteiger partial charge < -0.3 is 10.1 Å². The number of nitrogens with zero attached hydrogens (tertiary/aromatic N) is 2. The van der Waals surface area contributed by atoms with Gasteiger partial charge in [0.25, 0.3) is 0 Å². The highest BCUT2D eigenvalue weighted by atomic mass is 35.5. The first-order chi connectivity index (χ1) is 7.68. The van der Waals surface area contributed by atoms with Crippen LogP contribution in [-0.4, -0.2) is 26.0 Å². The van der Waals surface area contributed by atoms with Gasteiger partial charge in [-0.15, -0.1) is 0 Å². The second-order valence-electron chi connectivity index (χ2n) is 3.88. The normalized spacial score (nSPS) is 15.6. The highest BCUT2D eigenvalue weighted by molar-refractivity contribution is 6.34. The number of carboxylic acids is 1. The lowest BCUT2D eigenvalue weighted by Crippen LogP contribution is -1.98. The first-order valence-electron chi connectivity index (χ1n) is 4.94. The number of carbonyl (C=O) groups is 1. The third-order valence-corrected chi connectivity index (χ3v) is 3.04. The van der Waals surface area contributed by atoms with Crippen molar-refractivity contribution in [3.8, 4) is 0 Å². The Kier molecular flexibility index (Phi) is 1.91. The monoisotopic (exact) mass is 237 g/mol. The number of aromatic amines is 1. The Morgan fingerprint density at radius 3 is 2.88 bits per heavy atom. The van der Waals surface area contributed by atoms with Crippen LogP contribution < -0.4 is 0 Å². The molecule has 2 aromatic rings. The van der Waals surface area contributed by atoms with Gasteiger partial charge >= 0.3 is 5.97 Å². The Hall–Kier alpha value is -1.62. The summed E-state index contributed by atoms with van der Waals surface area (Å²) in [6.07, 6.45) is 3.54. The average molecular weight is 238 g/mol. The van der Waals surface area contributed by atoms with E-state index in [0.717, 1.165) is 18.5 Å². The maximum absolute atomic E-state index is 11.1. The van der Waals surface area contributed by atoms with Crippen molar-refractivity contribution >= 4 is 28.6 Å². The van der Waals surface area contributed by atoms with Crippen LogP contribution in [0.2, 0.25) is 5.15 Å². The van der Waals surface area contributed by atoms with Crippen LogP contribution in [0.5, 0.6) is 0 Å². The van der Waals surface area contributed by atoms with Crippen molar-refractivity contribution in [2.24, 2.45) is 0 Å². The number of rotatable bonds is 2. The van der Waals surface area contributed by atoms with Crippen molar-refractivity contribution in [2.45, 2.75) is 18.8 Å². The molecule has 2 heterocycles. The van der Waals surface area contributed by atoms with Crippen LogP contribution in [0.3, 0.4) is 0 Å². The highest BCUT2D eigenvalue weighted by Crippen LogP contribution is 2.43. The van der Waals surface area contributed by atoms with E-state index >= 15 is 0 Å². The average Bonchev–Trinajstić information content (AvgIpc) is 2.99. The minimum atomic E-state index is -1.05. The highest BCUT2D eigenvalue weighted by Gasteiger charge is 2.30. The molecule has 2 N–H and O–H groups in total. The summed E-state index contributed by atoms with van der Waals surface area (Å²) in [5, 5.41) is 9.79. The van der Waals surface area contributed by atoms with Crippen molar-refractivity contribution < 1.29 is 9.90 Å². The zero-order chi connectivity index (χ0) is 11.3. The first kappa shape index (κ1) is 9.59. The number of halogens is 1. The summed E-state index contributed by atoms with van der Waals surface area (Å²) in [6.45, 7) is 0. The van der Waals surface area contributed by atoms with E-state index < -0.39 is 5.97 Å². The third-order valence-electron chi connectivity index (χ3n) is 2.75. The van der Waals surface area contributed by atoms with Crippen molar-refractivity contribution in [1.29, 1.82) is 0 Å². The van der Waals surface area contributed by atoms with Gasteiger partial charge in [0.05, 0.1) is 11.1 Å². The molecule has 2 aromatic heterocycles. The summed E-state index contributed by atoms with van der Waals surface area (Å²) in [5.74, 6) is -0.691. The summed E-state index contributed by atoms with van der Waals surface area (Å²) >= 11 is 5.86. The molecule has 0 atom stereocenters. The molecular formula is C10H8ClN3O2. The summed E-state index contributed by atoms with van der Waals surface area (Å²) in [4.78, 5) is 22.1. The van der Waals surface area contributed by atoms with Crippen LogP contribution in [-0.2, 0) is 0 Å². The molecule has 16 heavy (non-hydrogen) atoms. The predicted octanol–water partition coefficient (Wildman–Crippen LogP) is 2.19. The van der Waals surface area contributed by atoms with Gasteiger partial charge in [-0.1, -0.05) is 11.6 Å². The Balaban J connectivity index is 2.38. The Morgan fingerprint density at radius 1 is 1.50 bits per heavy atom. The van der Waals surface area contributed by atoms with E-state index in [9.17, 15) is 4.79 Å². The van der Waals surface area contributed by atoms with Gasteiger partial charge in [-0.05, 0) is 12.8 Å². The van der Waals surface area contributed by atoms with E-state index in [2.05, 4.69) is 15.0 Å². The lowest BCUT2D eigenvalue weighted by Gasteiger charge is -1.99. The zero-order valence-corrected chi connectivity index (χ0v) is 8.95. The number of carboxylic acid groups (broad SMARTS) is 1. The summed E-state index contributed by atoms with van der Waals surface area (Å²) in [5.41, 5.74) is 1.38. The molecule has 1 fully saturated rings. The molecule has 0 spiro atoms. The second-order valence-corrected chi connectivity index (χ2v) is 4.25. The fraction of sp³-hybridized carbons (Fsp3) is 0.300. The molecule has 6 heteroatoms. The van der Waals surface area contributed by atoms with E-state index in [0.29, 0.717) is 17.0 Å². The Morgan fingerprint density at radius 2 is 2.25 bits per heavy atom. The van der Waals surface area contributed by atoms with Gasteiger partial charge in [0.15, 0.2) is 0 Å². The largest absolute Gasteiger partial charge is 0.478 e. The lowest BCUT2D eigenvalue weighted by molar-refractivity contribution is 0.0699. The van der Waals surface area contributed by atoms with E-state index in [1.165, 1.54) is 6.33 Å². The number of hydrogen-bond donors (Lipinski definition) is 2. The molecule has 0 aliphatic heterocycles. The number of aromatic nitrogens is 3. The molecule has 82 valence electrons. The number of fused-ring (bicyclic) bond motifs is 1. The fourth-order valence-electron chi connectivity index (χ4n) is 1.88.